The molecule has 0 saturated carbocycles. The number of carbonyl (C=O) groups is 1. The van der Waals surface area contributed by atoms with Crippen molar-refractivity contribution in [2.45, 2.75) is 19.5 Å². The number of hydrogen-bond acceptors (Lipinski definition) is 8. The van der Waals surface area contributed by atoms with Gasteiger partial charge in [-0.1, -0.05) is 11.2 Å². The molecule has 0 aliphatic rings. The largest absolute Gasteiger partial charge is 0.378 e. The monoisotopic (exact) mass is 404 g/mol. The molecule has 4 aromatic rings. The smallest absolute Gasteiger partial charge is 0.251 e. The summed E-state index contributed by atoms with van der Waals surface area (Å²) in [6.45, 7) is 2.29. The van der Waals surface area contributed by atoms with Crippen molar-refractivity contribution in [2.75, 3.05) is 5.32 Å². The molecular weight excluding hydrogens is 384 g/mol. The van der Waals surface area contributed by atoms with Crippen molar-refractivity contribution in [1.82, 2.24) is 35.2 Å². The fourth-order valence-electron chi connectivity index (χ4n) is 2.91. The van der Waals surface area contributed by atoms with Crippen LogP contribution >= 0.6 is 0 Å². The molecule has 1 unspecified atom stereocenters. The van der Waals surface area contributed by atoms with E-state index in [9.17, 15) is 4.79 Å². The van der Waals surface area contributed by atoms with E-state index in [4.69, 9.17) is 4.52 Å². The average molecular weight is 404 g/mol. The lowest BCUT2D eigenvalue weighted by atomic mass is 10.1. The highest BCUT2D eigenvalue weighted by Crippen LogP contribution is 2.16. The van der Waals surface area contributed by atoms with Crippen molar-refractivity contribution in [1.29, 1.82) is 0 Å². The van der Waals surface area contributed by atoms with Crippen LogP contribution in [0.4, 0.5) is 5.69 Å². The van der Waals surface area contributed by atoms with E-state index >= 15 is 0 Å². The molecule has 0 radical (unpaired) electrons. The number of benzene rings is 1. The normalized spacial score (nSPS) is 11.8. The highest BCUT2D eigenvalue weighted by molar-refractivity contribution is 5.95. The second kappa shape index (κ2) is 8.52. The summed E-state index contributed by atoms with van der Waals surface area (Å²) in [6.07, 6.45) is 4.61. The first kappa shape index (κ1) is 19.2. The third kappa shape index (κ3) is 4.17. The van der Waals surface area contributed by atoms with Crippen LogP contribution in [-0.4, -0.2) is 35.8 Å². The SMILES string of the molecule is CC(NC(=O)c1cccc(NCc2nnc(-c3ccncn3)n2C)c1)c1ccon1. The van der Waals surface area contributed by atoms with Crippen LogP contribution in [0, 0.1) is 0 Å². The fraction of sp³-hybridized carbons (Fsp3) is 0.200. The van der Waals surface area contributed by atoms with Crippen molar-refractivity contribution in [3.8, 4) is 11.5 Å². The fourth-order valence-corrected chi connectivity index (χ4v) is 2.91. The minimum atomic E-state index is -0.258. The van der Waals surface area contributed by atoms with Gasteiger partial charge in [0.25, 0.3) is 5.91 Å². The van der Waals surface area contributed by atoms with Gasteiger partial charge < -0.3 is 19.7 Å². The summed E-state index contributed by atoms with van der Waals surface area (Å²) in [4.78, 5) is 20.7. The Morgan fingerprint density at radius 3 is 2.90 bits per heavy atom. The number of carbonyl (C=O) groups excluding carboxylic acids is 1. The lowest BCUT2D eigenvalue weighted by molar-refractivity contribution is 0.0938. The highest BCUT2D eigenvalue weighted by Gasteiger charge is 2.15. The number of nitrogens with zero attached hydrogens (tertiary/aromatic N) is 6. The summed E-state index contributed by atoms with van der Waals surface area (Å²) in [5.41, 5.74) is 2.70. The van der Waals surface area contributed by atoms with Gasteiger partial charge in [0.15, 0.2) is 11.6 Å². The molecule has 152 valence electrons. The topological polar surface area (TPSA) is 124 Å². The van der Waals surface area contributed by atoms with Crippen molar-refractivity contribution in [3.63, 3.8) is 0 Å². The molecule has 1 atom stereocenters. The van der Waals surface area contributed by atoms with Gasteiger partial charge in [-0.25, -0.2) is 9.97 Å². The third-order valence-electron chi connectivity index (χ3n) is 4.60. The molecule has 0 fully saturated rings. The van der Waals surface area contributed by atoms with Crippen LogP contribution in [0.2, 0.25) is 0 Å². The molecule has 10 nitrogen and oxygen atoms in total. The van der Waals surface area contributed by atoms with E-state index in [2.05, 4.69) is 36.0 Å². The maximum Gasteiger partial charge on any atom is 0.251 e. The second-order valence-electron chi connectivity index (χ2n) is 6.65. The van der Waals surface area contributed by atoms with Gasteiger partial charge >= 0.3 is 0 Å². The Kier molecular flexibility index (Phi) is 5.46. The summed E-state index contributed by atoms with van der Waals surface area (Å²) >= 11 is 0. The lowest BCUT2D eigenvalue weighted by Crippen LogP contribution is -2.26. The van der Waals surface area contributed by atoms with Crippen molar-refractivity contribution in [2.24, 2.45) is 7.05 Å². The van der Waals surface area contributed by atoms with Crippen LogP contribution in [-0.2, 0) is 13.6 Å². The van der Waals surface area contributed by atoms with Crippen molar-refractivity contribution in [3.05, 3.63) is 72.3 Å². The summed E-state index contributed by atoms with van der Waals surface area (Å²) in [5.74, 6) is 1.20. The van der Waals surface area contributed by atoms with Gasteiger partial charge in [0.2, 0.25) is 0 Å². The molecule has 3 heterocycles. The van der Waals surface area contributed by atoms with Crippen LogP contribution < -0.4 is 10.6 Å². The molecule has 0 saturated heterocycles. The van der Waals surface area contributed by atoms with E-state index in [1.165, 1.54) is 12.6 Å². The Morgan fingerprint density at radius 2 is 2.13 bits per heavy atom. The van der Waals surface area contributed by atoms with Gasteiger partial charge in [-0.15, -0.1) is 10.2 Å². The molecule has 3 aromatic heterocycles. The molecule has 1 aromatic carbocycles. The standard InChI is InChI=1S/C20H20N8O2/c1-13(16-7-9-30-27-16)24-20(29)14-4-3-5-15(10-14)22-11-18-25-26-19(28(18)2)17-6-8-21-12-23-17/h3-10,12-13,22H,11H2,1-2H3,(H,24,29). The van der Waals surface area contributed by atoms with Gasteiger partial charge in [0.1, 0.15) is 24.0 Å². The van der Waals surface area contributed by atoms with E-state index in [-0.39, 0.29) is 11.9 Å². The molecule has 1 amide bonds. The zero-order valence-corrected chi connectivity index (χ0v) is 16.5. The third-order valence-corrected chi connectivity index (χ3v) is 4.60. The number of amides is 1. The van der Waals surface area contributed by atoms with E-state index < -0.39 is 0 Å². The number of anilines is 1. The summed E-state index contributed by atoms with van der Waals surface area (Å²) in [7, 11) is 1.88. The van der Waals surface area contributed by atoms with Gasteiger partial charge in [-0.2, -0.15) is 0 Å². The molecule has 30 heavy (non-hydrogen) atoms. The molecule has 10 heteroatoms. The minimum Gasteiger partial charge on any atom is -0.378 e. The maximum absolute atomic E-state index is 12.6. The molecule has 0 bridgehead atoms. The molecule has 0 aliphatic carbocycles. The van der Waals surface area contributed by atoms with Gasteiger partial charge in [0.05, 0.1) is 12.6 Å². The molecule has 4 rings (SSSR count). The lowest BCUT2D eigenvalue weighted by Gasteiger charge is -2.12. The van der Waals surface area contributed by atoms with E-state index in [1.54, 1.807) is 30.5 Å². The highest BCUT2D eigenvalue weighted by atomic mass is 16.5. The van der Waals surface area contributed by atoms with Gasteiger partial charge in [-0.3, -0.25) is 4.79 Å². The van der Waals surface area contributed by atoms with Crippen LogP contribution in [0.5, 0.6) is 0 Å². The van der Waals surface area contributed by atoms with Crippen molar-refractivity contribution < 1.29 is 9.32 Å². The molecular formula is C20H20N8O2. The minimum absolute atomic E-state index is 0.196. The van der Waals surface area contributed by atoms with Crippen molar-refractivity contribution >= 4 is 11.6 Å². The first-order chi connectivity index (χ1) is 14.6. The number of aromatic nitrogens is 6. The summed E-state index contributed by atoms with van der Waals surface area (Å²) in [6, 6.07) is 10.5. The summed E-state index contributed by atoms with van der Waals surface area (Å²) < 4.78 is 6.69. The summed E-state index contributed by atoms with van der Waals surface area (Å²) in [5, 5.41) is 18.5. The van der Waals surface area contributed by atoms with Crippen LogP contribution in [0.1, 0.15) is 34.8 Å². The Balaban J connectivity index is 1.41. The van der Waals surface area contributed by atoms with Crippen LogP contribution in [0.15, 0.2) is 59.7 Å². The zero-order chi connectivity index (χ0) is 20.9. The van der Waals surface area contributed by atoms with E-state index in [1.807, 2.05) is 30.7 Å². The Labute approximate surface area is 172 Å². The number of hydrogen-bond donors (Lipinski definition) is 2. The zero-order valence-electron chi connectivity index (χ0n) is 16.5. The Bertz CT molecular complexity index is 1120. The Hall–Kier alpha value is -4.08. The van der Waals surface area contributed by atoms with E-state index in [0.717, 1.165) is 11.5 Å². The first-order valence-corrected chi connectivity index (χ1v) is 9.31. The average Bonchev–Trinajstić information content (AvgIpc) is 3.43. The molecule has 0 aliphatic heterocycles. The quantitative estimate of drug-likeness (QED) is 0.481. The number of rotatable bonds is 7. The van der Waals surface area contributed by atoms with Gasteiger partial charge in [-0.05, 0) is 31.2 Å². The van der Waals surface area contributed by atoms with Crippen LogP contribution in [0.3, 0.4) is 0 Å². The maximum atomic E-state index is 12.6. The van der Waals surface area contributed by atoms with Gasteiger partial charge in [0, 0.05) is 30.6 Å². The predicted octanol–water partition coefficient (Wildman–Crippen LogP) is 2.36. The van der Waals surface area contributed by atoms with Crippen LogP contribution in [0.25, 0.3) is 11.5 Å². The molecule has 2 N–H and O–H groups in total. The first-order valence-electron chi connectivity index (χ1n) is 9.31. The second-order valence-corrected chi connectivity index (χ2v) is 6.65. The Morgan fingerprint density at radius 1 is 1.23 bits per heavy atom. The predicted molar refractivity (Wildman–Crippen MR) is 108 cm³/mol. The number of nitrogens with one attached hydrogen (secondary N) is 2. The van der Waals surface area contributed by atoms with E-state index in [0.29, 0.717) is 29.3 Å². The molecule has 0 spiro atoms.